The van der Waals surface area contributed by atoms with Gasteiger partial charge in [0, 0.05) is 35.6 Å². The van der Waals surface area contributed by atoms with E-state index in [4.69, 9.17) is 0 Å². The molecule has 2 heteroatoms. The maximum absolute atomic E-state index is 3.47. The zero-order chi connectivity index (χ0) is 15.7. The molecule has 2 aromatic carbocycles. The summed E-state index contributed by atoms with van der Waals surface area (Å²) in [7, 11) is 2.29. The number of likely N-dealkylation sites (N-methyl/N-ethyl adjacent to an activating group) is 1. The van der Waals surface area contributed by atoms with E-state index >= 15 is 0 Å². The van der Waals surface area contributed by atoms with Crippen LogP contribution in [0.4, 0.5) is 0 Å². The van der Waals surface area contributed by atoms with Crippen molar-refractivity contribution in [2.75, 3.05) is 7.05 Å². The summed E-state index contributed by atoms with van der Waals surface area (Å²) in [6.07, 6.45) is 3.36. The van der Waals surface area contributed by atoms with E-state index in [-0.39, 0.29) is 0 Å². The minimum atomic E-state index is 0.497. The molecule has 1 aromatic heterocycles. The first-order chi connectivity index (χ1) is 11.1. The second-order valence-electron chi connectivity index (χ2n) is 7.40. The molecule has 0 saturated heterocycles. The van der Waals surface area contributed by atoms with Gasteiger partial charge in [0.05, 0.1) is 0 Å². The van der Waals surface area contributed by atoms with Crippen LogP contribution in [0.3, 0.4) is 0 Å². The van der Waals surface area contributed by atoms with Gasteiger partial charge in [-0.15, -0.1) is 0 Å². The Morgan fingerprint density at radius 3 is 2.87 bits per heavy atom. The molecule has 1 N–H and O–H groups in total. The molecule has 0 spiro atoms. The average Bonchev–Trinajstić information content (AvgIpc) is 2.92. The second-order valence-corrected chi connectivity index (χ2v) is 7.40. The van der Waals surface area contributed by atoms with Crippen molar-refractivity contribution in [2.45, 2.75) is 38.8 Å². The Morgan fingerprint density at radius 2 is 2.00 bits per heavy atom. The smallest absolute Gasteiger partial charge is 0.0459 e. The minimum Gasteiger partial charge on any atom is -0.361 e. The van der Waals surface area contributed by atoms with Crippen molar-refractivity contribution in [3.05, 3.63) is 69.9 Å². The van der Waals surface area contributed by atoms with Gasteiger partial charge in [-0.1, -0.05) is 29.8 Å². The molecule has 3 aromatic rings. The molecular weight excluding hydrogens is 280 g/mol. The average molecular weight is 302 g/mol. The molecule has 1 aliphatic heterocycles. The van der Waals surface area contributed by atoms with E-state index in [9.17, 15) is 0 Å². The number of aromatic nitrogens is 1. The summed E-state index contributed by atoms with van der Waals surface area (Å²) in [6, 6.07) is 12.1. The van der Waals surface area contributed by atoms with Gasteiger partial charge >= 0.3 is 0 Å². The van der Waals surface area contributed by atoms with Crippen LogP contribution in [0.1, 0.15) is 39.3 Å². The van der Waals surface area contributed by atoms with E-state index in [1.165, 1.54) is 38.7 Å². The molecule has 0 fully saturated rings. The Bertz CT molecular complexity index is 934. The van der Waals surface area contributed by atoms with Crippen LogP contribution in [-0.4, -0.2) is 23.0 Å². The molecule has 2 atom stereocenters. The van der Waals surface area contributed by atoms with Crippen molar-refractivity contribution in [2.24, 2.45) is 0 Å². The summed E-state index contributed by atoms with van der Waals surface area (Å²) in [4.78, 5) is 6.03. The highest BCUT2D eigenvalue weighted by atomic mass is 15.1. The summed E-state index contributed by atoms with van der Waals surface area (Å²) in [6.45, 7) is 5.57. The monoisotopic (exact) mass is 302 g/mol. The Labute approximate surface area is 137 Å². The van der Waals surface area contributed by atoms with Crippen molar-refractivity contribution in [3.63, 3.8) is 0 Å². The predicted molar refractivity (Wildman–Crippen MR) is 95.0 cm³/mol. The number of nitrogens with one attached hydrogen (secondary N) is 1. The van der Waals surface area contributed by atoms with Crippen molar-refractivity contribution >= 4 is 10.9 Å². The number of nitrogens with zero attached hydrogens (tertiary/aromatic N) is 1. The van der Waals surface area contributed by atoms with Gasteiger partial charge in [0.1, 0.15) is 0 Å². The minimum absolute atomic E-state index is 0.497. The first kappa shape index (κ1) is 13.4. The third kappa shape index (κ3) is 1.73. The zero-order valence-corrected chi connectivity index (χ0v) is 14.0. The van der Waals surface area contributed by atoms with E-state index < -0.39 is 0 Å². The Morgan fingerprint density at radius 1 is 1.13 bits per heavy atom. The van der Waals surface area contributed by atoms with Crippen LogP contribution in [0, 0.1) is 13.8 Å². The summed E-state index contributed by atoms with van der Waals surface area (Å²) in [5.74, 6) is 0.497. The number of aromatic amines is 1. The van der Waals surface area contributed by atoms with E-state index in [1.54, 1.807) is 5.56 Å². The second kappa shape index (κ2) is 4.48. The number of rotatable bonds is 0. The van der Waals surface area contributed by atoms with Gasteiger partial charge < -0.3 is 4.98 Å². The van der Waals surface area contributed by atoms with E-state index in [0.717, 1.165) is 13.0 Å². The van der Waals surface area contributed by atoms with Crippen molar-refractivity contribution in [3.8, 4) is 0 Å². The molecule has 0 saturated carbocycles. The summed E-state index contributed by atoms with van der Waals surface area (Å²) in [5.41, 5.74) is 10.2. The van der Waals surface area contributed by atoms with Crippen LogP contribution >= 0.6 is 0 Å². The van der Waals surface area contributed by atoms with Gasteiger partial charge in [0.2, 0.25) is 0 Å². The van der Waals surface area contributed by atoms with Crippen LogP contribution in [-0.2, 0) is 13.0 Å². The van der Waals surface area contributed by atoms with Crippen LogP contribution in [0.25, 0.3) is 10.9 Å². The van der Waals surface area contributed by atoms with Gasteiger partial charge in [-0.25, -0.2) is 0 Å². The summed E-state index contributed by atoms with van der Waals surface area (Å²) in [5, 5.41) is 1.47. The molecule has 0 bridgehead atoms. The third-order valence-electron chi connectivity index (χ3n) is 5.88. The highest BCUT2D eigenvalue weighted by Crippen LogP contribution is 2.47. The quantitative estimate of drug-likeness (QED) is 0.656. The number of fused-ring (bicyclic) bond motifs is 4. The molecular formula is C21H22N2. The molecule has 5 rings (SSSR count). The SMILES string of the molecule is Cc1cc(C)c2c(c1)CN(C)[C@@H]1Cc3c[nH]c4cccc(c34)[C@@H]21. The zero-order valence-electron chi connectivity index (χ0n) is 14.0. The maximum Gasteiger partial charge on any atom is 0.0459 e. The lowest BCUT2D eigenvalue weighted by atomic mass is 9.71. The normalized spacial score (nSPS) is 22.9. The van der Waals surface area contributed by atoms with Gasteiger partial charge in [0.15, 0.2) is 0 Å². The summed E-state index contributed by atoms with van der Waals surface area (Å²) < 4.78 is 0. The fourth-order valence-corrected chi connectivity index (χ4v) is 5.04. The molecule has 23 heavy (non-hydrogen) atoms. The van der Waals surface area contributed by atoms with Gasteiger partial charge in [-0.05, 0) is 61.2 Å². The first-order valence-corrected chi connectivity index (χ1v) is 8.52. The lowest BCUT2D eigenvalue weighted by molar-refractivity contribution is 0.192. The number of benzene rings is 2. The van der Waals surface area contributed by atoms with Crippen molar-refractivity contribution in [1.29, 1.82) is 0 Å². The van der Waals surface area contributed by atoms with Gasteiger partial charge in [-0.2, -0.15) is 0 Å². The van der Waals surface area contributed by atoms with E-state index in [1.807, 2.05) is 0 Å². The Balaban J connectivity index is 1.84. The highest BCUT2D eigenvalue weighted by molar-refractivity contribution is 5.89. The molecule has 0 radical (unpaired) electrons. The van der Waals surface area contributed by atoms with Crippen molar-refractivity contribution in [1.82, 2.24) is 9.88 Å². The van der Waals surface area contributed by atoms with Crippen LogP contribution < -0.4 is 0 Å². The lowest BCUT2D eigenvalue weighted by Gasteiger charge is -2.44. The number of aryl methyl sites for hydroxylation is 2. The number of hydrogen-bond acceptors (Lipinski definition) is 1. The largest absolute Gasteiger partial charge is 0.361 e. The van der Waals surface area contributed by atoms with Gasteiger partial charge in [-0.3, -0.25) is 4.90 Å². The van der Waals surface area contributed by atoms with Crippen LogP contribution in [0.2, 0.25) is 0 Å². The van der Waals surface area contributed by atoms with E-state index in [0.29, 0.717) is 12.0 Å². The number of H-pyrrole nitrogens is 1. The summed E-state index contributed by atoms with van der Waals surface area (Å²) >= 11 is 0. The molecule has 0 unspecified atom stereocenters. The Kier molecular flexibility index (Phi) is 2.61. The molecule has 2 aliphatic rings. The fraction of sp³-hybridized carbons (Fsp3) is 0.333. The molecule has 1 aliphatic carbocycles. The molecule has 2 nitrogen and oxygen atoms in total. The fourth-order valence-electron chi connectivity index (χ4n) is 5.04. The van der Waals surface area contributed by atoms with E-state index in [2.05, 4.69) is 67.3 Å². The predicted octanol–water partition coefficient (Wildman–Crippen LogP) is 4.29. The van der Waals surface area contributed by atoms with Gasteiger partial charge in [0.25, 0.3) is 0 Å². The van der Waals surface area contributed by atoms with Crippen LogP contribution in [0.15, 0.2) is 36.5 Å². The standard InChI is InChI=1S/C21H22N2/c1-12-7-13(2)19-15(8-12)11-23(3)18-9-14-10-22-17-6-4-5-16(20(14)17)21(18)19/h4-8,10,18,21-22H,9,11H2,1-3H3/t18-,21-/m1/s1. The Hall–Kier alpha value is -2.06. The molecule has 0 amide bonds. The maximum atomic E-state index is 3.47. The lowest BCUT2D eigenvalue weighted by Crippen LogP contribution is -2.44. The van der Waals surface area contributed by atoms with Crippen molar-refractivity contribution < 1.29 is 0 Å². The van der Waals surface area contributed by atoms with Crippen LogP contribution in [0.5, 0.6) is 0 Å². The third-order valence-corrected chi connectivity index (χ3v) is 5.88. The molecule has 2 heterocycles. The topological polar surface area (TPSA) is 19.0 Å². The number of hydrogen-bond donors (Lipinski definition) is 1. The first-order valence-electron chi connectivity index (χ1n) is 8.52. The highest BCUT2D eigenvalue weighted by Gasteiger charge is 2.39. The molecule has 116 valence electrons.